The maximum Gasteiger partial charge on any atom is 0.403 e. The number of carbonyl (C=O) groups is 2. The highest BCUT2D eigenvalue weighted by atomic mass is 35.5. The van der Waals surface area contributed by atoms with Crippen LogP contribution in [0.5, 0.6) is 0 Å². The lowest BCUT2D eigenvalue weighted by molar-refractivity contribution is 0.180. The van der Waals surface area contributed by atoms with Gasteiger partial charge < -0.3 is 9.47 Å². The van der Waals surface area contributed by atoms with Gasteiger partial charge >= 0.3 is 10.7 Å². The molecule has 4 nitrogen and oxygen atoms in total. The monoisotopic (exact) mass is 246 g/mol. The average Bonchev–Trinajstić information content (AvgIpc) is 2.53. The predicted molar refractivity (Wildman–Crippen MR) is 51.7 cm³/mol. The molecule has 0 atom stereocenters. The van der Waals surface area contributed by atoms with Crippen molar-refractivity contribution in [2.45, 2.75) is 0 Å². The molecule has 13 heavy (non-hydrogen) atoms. The highest BCUT2D eigenvalue weighted by molar-refractivity contribution is 8.13. The summed E-state index contributed by atoms with van der Waals surface area (Å²) in [7, 11) is 0. The van der Waals surface area contributed by atoms with Crippen molar-refractivity contribution >= 4 is 45.7 Å². The van der Waals surface area contributed by atoms with Crippen LogP contribution in [0.4, 0.5) is 9.59 Å². The van der Waals surface area contributed by atoms with Crippen molar-refractivity contribution in [2.24, 2.45) is 0 Å². The third-order valence-corrected chi connectivity index (χ3v) is 1.80. The number of rotatable bonds is 2. The first-order chi connectivity index (χ1) is 6.16. The smallest absolute Gasteiger partial charge is 0.403 e. The zero-order valence-corrected chi connectivity index (χ0v) is 8.95. The third-order valence-electron chi connectivity index (χ3n) is 0.816. The lowest BCUT2D eigenvalue weighted by atomic mass is 10.9. The molecule has 0 spiro atoms. The van der Waals surface area contributed by atoms with Gasteiger partial charge in [0, 0.05) is 17.4 Å². The number of ether oxygens (including phenoxy) is 2. The maximum atomic E-state index is 9.98. The van der Waals surface area contributed by atoms with E-state index in [0.717, 1.165) is 5.75 Å². The lowest BCUT2D eigenvalue weighted by Gasteiger charge is -1.90. The number of thioether (sulfide) groups is 1. The molecule has 0 aromatic heterocycles. The Kier molecular flexibility index (Phi) is 8.38. The van der Waals surface area contributed by atoms with Crippen molar-refractivity contribution in [3.8, 4) is 0 Å². The molecule has 0 aromatic rings. The van der Waals surface area contributed by atoms with Gasteiger partial charge in [0.1, 0.15) is 13.2 Å². The fourth-order valence-electron chi connectivity index (χ4n) is 0.410. The molecular formula is C6H8Cl2O4S. The Morgan fingerprint density at radius 3 is 2.54 bits per heavy atom. The van der Waals surface area contributed by atoms with Crippen LogP contribution >= 0.6 is 35.0 Å². The summed E-state index contributed by atoms with van der Waals surface area (Å²) >= 11 is 11.1. The van der Waals surface area contributed by atoms with Crippen LogP contribution in [0.2, 0.25) is 0 Å². The molecular weight excluding hydrogens is 239 g/mol. The summed E-state index contributed by atoms with van der Waals surface area (Å²) in [6.45, 7) is 0.785. The van der Waals surface area contributed by atoms with E-state index in [0.29, 0.717) is 12.5 Å². The van der Waals surface area contributed by atoms with Crippen LogP contribution in [0.3, 0.4) is 0 Å². The van der Waals surface area contributed by atoms with Crippen molar-refractivity contribution in [3.05, 3.63) is 0 Å². The number of hydrogen-bond acceptors (Lipinski definition) is 5. The Labute approximate surface area is 89.8 Å². The van der Waals surface area contributed by atoms with E-state index in [4.69, 9.17) is 23.2 Å². The van der Waals surface area contributed by atoms with Crippen LogP contribution in [0.15, 0.2) is 0 Å². The zero-order chi connectivity index (χ0) is 10.1. The van der Waals surface area contributed by atoms with Gasteiger partial charge in [0.2, 0.25) is 0 Å². The van der Waals surface area contributed by atoms with E-state index in [2.05, 4.69) is 9.47 Å². The topological polar surface area (TPSA) is 52.6 Å². The average molecular weight is 247 g/mol. The summed E-state index contributed by atoms with van der Waals surface area (Å²) in [5.74, 6) is 1.12. The van der Waals surface area contributed by atoms with Crippen LogP contribution in [-0.4, -0.2) is 35.6 Å². The van der Waals surface area contributed by atoms with Gasteiger partial charge in [-0.05, 0) is 11.8 Å². The van der Waals surface area contributed by atoms with Gasteiger partial charge in [-0.15, -0.1) is 11.6 Å². The molecule has 1 aliphatic heterocycles. The molecule has 0 unspecified atom stereocenters. The van der Waals surface area contributed by atoms with E-state index < -0.39 is 5.43 Å². The highest BCUT2D eigenvalue weighted by Gasteiger charge is 2.09. The number of cyclic esters (lactones) is 1. The molecule has 0 N–H and O–H groups in total. The first-order valence-electron chi connectivity index (χ1n) is 3.34. The third kappa shape index (κ3) is 9.79. The van der Waals surface area contributed by atoms with Crippen LogP contribution in [0.25, 0.3) is 0 Å². The van der Waals surface area contributed by atoms with Gasteiger partial charge in [0.15, 0.2) is 0 Å². The Balaban J connectivity index is 0.000000223. The molecule has 0 aliphatic carbocycles. The van der Waals surface area contributed by atoms with E-state index in [1.165, 1.54) is 11.8 Å². The van der Waals surface area contributed by atoms with Gasteiger partial charge in [0.25, 0.3) is 0 Å². The first-order valence-corrected chi connectivity index (χ1v) is 5.24. The second kappa shape index (κ2) is 8.47. The largest absolute Gasteiger partial charge is 0.457 e. The molecule has 0 bridgehead atoms. The molecule has 1 fully saturated rings. The van der Waals surface area contributed by atoms with E-state index in [1.54, 1.807) is 0 Å². The van der Waals surface area contributed by atoms with Crippen LogP contribution in [0, 0.1) is 0 Å². The second-order valence-electron chi connectivity index (χ2n) is 1.72. The minimum absolute atomic E-state index is 0.130. The zero-order valence-electron chi connectivity index (χ0n) is 6.63. The summed E-state index contributed by atoms with van der Waals surface area (Å²) in [6.07, 6.45) is 0. The van der Waals surface area contributed by atoms with Gasteiger partial charge in [-0.25, -0.2) is 9.59 Å². The summed E-state index contributed by atoms with van der Waals surface area (Å²) in [4.78, 5) is 19.7. The number of carbonyl (C=O) groups excluding carboxylic acids is 2. The van der Waals surface area contributed by atoms with Gasteiger partial charge in [-0.1, -0.05) is 0 Å². The molecule has 0 radical (unpaired) electrons. The van der Waals surface area contributed by atoms with Crippen LogP contribution < -0.4 is 0 Å². The van der Waals surface area contributed by atoms with E-state index in [9.17, 15) is 9.59 Å². The summed E-state index contributed by atoms with van der Waals surface area (Å²) in [5.41, 5.74) is -0.805. The van der Waals surface area contributed by atoms with Crippen molar-refractivity contribution in [1.82, 2.24) is 0 Å². The van der Waals surface area contributed by atoms with Crippen molar-refractivity contribution in [1.29, 1.82) is 0 Å². The molecule has 0 amide bonds. The minimum Gasteiger partial charge on any atom is -0.457 e. The minimum atomic E-state index is -0.805. The first kappa shape index (κ1) is 12.9. The standard InChI is InChI=1S/C3H4Cl2O2.C3H4O2S/c4-1-2-7-3(5)6;4-3-5-1-2-6-3/h1-2H2;1-2H2. The van der Waals surface area contributed by atoms with Gasteiger partial charge in [0.05, 0.1) is 5.88 Å². The van der Waals surface area contributed by atoms with E-state index in [1.807, 2.05) is 0 Å². The normalized spacial score (nSPS) is 14.2. The highest BCUT2D eigenvalue weighted by Crippen LogP contribution is 2.11. The number of alkyl halides is 1. The summed E-state index contributed by atoms with van der Waals surface area (Å²) in [6, 6.07) is 0. The van der Waals surface area contributed by atoms with Crippen molar-refractivity contribution in [2.75, 3.05) is 24.8 Å². The quantitative estimate of drug-likeness (QED) is 0.426. The van der Waals surface area contributed by atoms with Gasteiger partial charge in [-0.3, -0.25) is 0 Å². The number of halogens is 2. The molecule has 1 aliphatic rings. The second-order valence-corrected chi connectivity index (χ2v) is 3.44. The lowest BCUT2D eigenvalue weighted by Crippen LogP contribution is -1.96. The molecule has 1 heterocycles. The number of hydrogen-bond donors (Lipinski definition) is 0. The Morgan fingerprint density at radius 2 is 2.38 bits per heavy atom. The molecule has 0 saturated carbocycles. The van der Waals surface area contributed by atoms with Crippen LogP contribution in [-0.2, 0) is 9.47 Å². The fraction of sp³-hybridized carbons (Fsp3) is 0.667. The van der Waals surface area contributed by atoms with E-state index >= 15 is 0 Å². The SMILES string of the molecule is O=C(Cl)OCCCl.O=C1OCCS1. The van der Waals surface area contributed by atoms with Crippen LogP contribution in [0.1, 0.15) is 0 Å². The molecule has 7 heteroatoms. The van der Waals surface area contributed by atoms with E-state index in [-0.39, 0.29) is 11.9 Å². The molecule has 1 rings (SSSR count). The van der Waals surface area contributed by atoms with Crippen molar-refractivity contribution in [3.63, 3.8) is 0 Å². The Morgan fingerprint density at radius 1 is 1.69 bits per heavy atom. The molecule has 0 aromatic carbocycles. The fourth-order valence-corrected chi connectivity index (χ4v) is 1.06. The maximum absolute atomic E-state index is 9.98. The summed E-state index contributed by atoms with van der Waals surface area (Å²) in [5, 5.41) is -0.130. The Hall–Kier alpha value is -0.130. The van der Waals surface area contributed by atoms with Crippen molar-refractivity contribution < 1.29 is 19.1 Å². The molecule has 76 valence electrons. The Bertz CT molecular complexity index is 168. The molecule has 1 saturated heterocycles. The predicted octanol–water partition coefficient (Wildman–Crippen LogP) is 2.47. The summed E-state index contributed by atoms with van der Waals surface area (Å²) < 4.78 is 8.66. The van der Waals surface area contributed by atoms with Gasteiger partial charge in [-0.2, -0.15) is 0 Å².